The summed E-state index contributed by atoms with van der Waals surface area (Å²) in [6, 6.07) is 15.9. The van der Waals surface area contributed by atoms with Gasteiger partial charge in [0, 0.05) is 17.5 Å². The molecule has 6 heteroatoms. The van der Waals surface area contributed by atoms with E-state index in [2.05, 4.69) is 5.32 Å². The third-order valence-corrected chi connectivity index (χ3v) is 5.04. The summed E-state index contributed by atoms with van der Waals surface area (Å²) in [5, 5.41) is 13.0. The number of hydrogen-bond donors (Lipinski definition) is 2. The molecule has 0 unspecified atom stereocenters. The molecule has 1 amide bonds. The van der Waals surface area contributed by atoms with Crippen LogP contribution in [0, 0.1) is 5.92 Å². The van der Waals surface area contributed by atoms with Crippen LogP contribution in [0.25, 0.3) is 22.1 Å². The second-order valence-corrected chi connectivity index (χ2v) is 7.03. The maximum absolute atomic E-state index is 12.1. The predicted octanol–water partition coefficient (Wildman–Crippen LogP) is 3.36. The number of rotatable bonds is 8. The molecule has 1 aromatic heterocycles. The molecule has 3 rings (SSSR count). The fraction of sp³-hybridized carbons (Fsp3) is 0.304. The van der Waals surface area contributed by atoms with Gasteiger partial charge in [-0.15, -0.1) is 0 Å². The number of aliphatic hydroxyl groups excluding tert-OH is 1. The lowest BCUT2D eigenvalue weighted by Gasteiger charge is -2.22. The average Bonchev–Trinajstić information content (AvgIpc) is 2.75. The maximum atomic E-state index is 12.1. The van der Waals surface area contributed by atoms with Crippen molar-refractivity contribution >= 4 is 16.9 Å². The highest BCUT2D eigenvalue weighted by atomic mass is 16.5. The third kappa shape index (κ3) is 5.03. The molecule has 0 saturated carbocycles. The SMILES string of the molecule is CC[C@@H](C)[C@@H](CO)NC(=O)COc1ccc2c(-c3ccccc3)cc(=O)oc2c1. The summed E-state index contributed by atoms with van der Waals surface area (Å²) in [6.07, 6.45) is 0.847. The van der Waals surface area contributed by atoms with Gasteiger partial charge in [0.2, 0.25) is 0 Å². The standard InChI is InChI=1S/C23H25NO5/c1-3-15(2)20(13-25)24-22(26)14-28-17-9-10-18-19(16-7-5-4-6-8-16)12-23(27)29-21(18)11-17/h4-12,15,20,25H,3,13-14H2,1-2H3,(H,24,26)/t15-,20-/m1/s1. The van der Waals surface area contributed by atoms with E-state index in [0.717, 1.165) is 22.9 Å². The third-order valence-electron chi connectivity index (χ3n) is 5.04. The van der Waals surface area contributed by atoms with Crippen molar-refractivity contribution in [2.45, 2.75) is 26.3 Å². The zero-order valence-corrected chi connectivity index (χ0v) is 16.6. The Labute approximate surface area is 169 Å². The Morgan fingerprint density at radius 1 is 1.17 bits per heavy atom. The van der Waals surface area contributed by atoms with Crippen molar-refractivity contribution in [3.8, 4) is 16.9 Å². The van der Waals surface area contributed by atoms with Crippen molar-refractivity contribution in [1.29, 1.82) is 0 Å². The number of carbonyl (C=O) groups excluding carboxylic acids is 1. The number of benzene rings is 2. The van der Waals surface area contributed by atoms with Gasteiger partial charge in [0.15, 0.2) is 6.61 Å². The average molecular weight is 395 g/mol. The minimum Gasteiger partial charge on any atom is -0.484 e. The molecule has 1 heterocycles. The molecule has 0 radical (unpaired) electrons. The Hall–Kier alpha value is -3.12. The van der Waals surface area contributed by atoms with E-state index < -0.39 is 5.63 Å². The Kier molecular flexibility index (Phi) is 6.67. The highest BCUT2D eigenvalue weighted by Gasteiger charge is 2.17. The van der Waals surface area contributed by atoms with E-state index in [9.17, 15) is 14.7 Å². The van der Waals surface area contributed by atoms with E-state index in [0.29, 0.717) is 11.3 Å². The second kappa shape index (κ2) is 9.39. The maximum Gasteiger partial charge on any atom is 0.336 e. The van der Waals surface area contributed by atoms with Crippen LogP contribution in [0.1, 0.15) is 20.3 Å². The normalized spacial score (nSPS) is 13.1. The molecule has 0 bridgehead atoms. The first-order valence-corrected chi connectivity index (χ1v) is 9.68. The van der Waals surface area contributed by atoms with Gasteiger partial charge in [-0.25, -0.2) is 4.79 Å². The molecule has 2 atom stereocenters. The van der Waals surface area contributed by atoms with Crippen LogP contribution >= 0.6 is 0 Å². The Morgan fingerprint density at radius 2 is 1.93 bits per heavy atom. The highest BCUT2D eigenvalue weighted by Crippen LogP contribution is 2.29. The van der Waals surface area contributed by atoms with Crippen LogP contribution in [0.3, 0.4) is 0 Å². The molecular formula is C23H25NO5. The number of nitrogens with one attached hydrogen (secondary N) is 1. The monoisotopic (exact) mass is 395 g/mol. The van der Waals surface area contributed by atoms with Crippen molar-refractivity contribution in [2.75, 3.05) is 13.2 Å². The number of aliphatic hydroxyl groups is 1. The first kappa shape index (κ1) is 20.6. The van der Waals surface area contributed by atoms with Crippen LogP contribution in [0.2, 0.25) is 0 Å². The van der Waals surface area contributed by atoms with E-state index in [1.54, 1.807) is 12.1 Å². The molecular weight excluding hydrogens is 370 g/mol. The largest absolute Gasteiger partial charge is 0.484 e. The first-order chi connectivity index (χ1) is 14.0. The molecule has 6 nitrogen and oxygen atoms in total. The van der Waals surface area contributed by atoms with Gasteiger partial charge >= 0.3 is 5.63 Å². The summed E-state index contributed by atoms with van der Waals surface area (Å²) in [5.74, 6) is 0.268. The fourth-order valence-electron chi connectivity index (χ4n) is 3.14. The minimum absolute atomic E-state index is 0.121. The molecule has 0 aliphatic rings. The van der Waals surface area contributed by atoms with E-state index in [4.69, 9.17) is 9.15 Å². The second-order valence-electron chi connectivity index (χ2n) is 7.03. The first-order valence-electron chi connectivity index (χ1n) is 9.68. The van der Waals surface area contributed by atoms with Crippen LogP contribution in [-0.2, 0) is 4.79 Å². The van der Waals surface area contributed by atoms with Gasteiger partial charge in [-0.05, 0) is 29.2 Å². The van der Waals surface area contributed by atoms with Crippen LogP contribution in [0.15, 0.2) is 63.8 Å². The Balaban J connectivity index is 1.77. The predicted molar refractivity (Wildman–Crippen MR) is 112 cm³/mol. The smallest absolute Gasteiger partial charge is 0.336 e. The molecule has 0 spiro atoms. The van der Waals surface area contributed by atoms with Crippen molar-refractivity contribution in [3.05, 3.63) is 65.0 Å². The van der Waals surface area contributed by atoms with E-state index in [1.165, 1.54) is 6.07 Å². The Bertz CT molecular complexity index is 1030. The number of amides is 1. The summed E-state index contributed by atoms with van der Waals surface area (Å²) in [6.45, 7) is 3.66. The molecule has 152 valence electrons. The van der Waals surface area contributed by atoms with Crippen molar-refractivity contribution in [3.63, 3.8) is 0 Å². The summed E-state index contributed by atoms with van der Waals surface area (Å²) < 4.78 is 10.9. The van der Waals surface area contributed by atoms with Crippen LogP contribution in [-0.4, -0.2) is 30.3 Å². The zero-order chi connectivity index (χ0) is 20.8. The van der Waals surface area contributed by atoms with E-state index in [-0.39, 0.29) is 31.1 Å². The van der Waals surface area contributed by atoms with Crippen LogP contribution in [0.4, 0.5) is 0 Å². The topological polar surface area (TPSA) is 88.8 Å². The molecule has 2 aromatic carbocycles. The van der Waals surface area contributed by atoms with Gasteiger partial charge in [0.05, 0.1) is 12.6 Å². The van der Waals surface area contributed by atoms with Crippen molar-refractivity contribution in [1.82, 2.24) is 5.32 Å². The lowest BCUT2D eigenvalue weighted by molar-refractivity contribution is -0.124. The minimum atomic E-state index is -0.453. The summed E-state index contributed by atoms with van der Waals surface area (Å²) in [4.78, 5) is 24.1. The molecule has 3 aromatic rings. The van der Waals surface area contributed by atoms with Crippen molar-refractivity contribution in [2.24, 2.45) is 5.92 Å². The zero-order valence-electron chi connectivity index (χ0n) is 16.6. The summed E-state index contributed by atoms with van der Waals surface area (Å²) in [5.41, 5.74) is 1.63. The van der Waals surface area contributed by atoms with E-state index in [1.807, 2.05) is 50.2 Å². The van der Waals surface area contributed by atoms with Gasteiger partial charge in [-0.2, -0.15) is 0 Å². The van der Waals surface area contributed by atoms with Gasteiger partial charge in [-0.3, -0.25) is 4.79 Å². The number of fused-ring (bicyclic) bond motifs is 1. The highest BCUT2D eigenvalue weighted by molar-refractivity contribution is 5.93. The molecule has 0 aliphatic heterocycles. The van der Waals surface area contributed by atoms with Gasteiger partial charge in [0.1, 0.15) is 11.3 Å². The van der Waals surface area contributed by atoms with Gasteiger partial charge < -0.3 is 19.6 Å². The number of hydrogen-bond acceptors (Lipinski definition) is 5. The lowest BCUT2D eigenvalue weighted by atomic mass is 10.00. The fourth-order valence-corrected chi connectivity index (χ4v) is 3.14. The number of carbonyl (C=O) groups is 1. The van der Waals surface area contributed by atoms with Gasteiger partial charge in [0.25, 0.3) is 5.91 Å². The van der Waals surface area contributed by atoms with Crippen LogP contribution < -0.4 is 15.7 Å². The van der Waals surface area contributed by atoms with Crippen LogP contribution in [0.5, 0.6) is 5.75 Å². The molecule has 29 heavy (non-hydrogen) atoms. The van der Waals surface area contributed by atoms with Gasteiger partial charge in [-0.1, -0.05) is 50.6 Å². The quantitative estimate of drug-likeness (QED) is 0.571. The lowest BCUT2D eigenvalue weighted by Crippen LogP contribution is -2.43. The molecule has 0 saturated heterocycles. The number of ether oxygens (including phenoxy) is 1. The summed E-state index contributed by atoms with van der Waals surface area (Å²) >= 11 is 0. The summed E-state index contributed by atoms with van der Waals surface area (Å²) in [7, 11) is 0. The molecule has 0 fully saturated rings. The van der Waals surface area contributed by atoms with E-state index >= 15 is 0 Å². The van der Waals surface area contributed by atoms with Crippen molar-refractivity contribution < 1.29 is 19.1 Å². The molecule has 0 aliphatic carbocycles. The molecule has 2 N–H and O–H groups in total. The Morgan fingerprint density at radius 3 is 2.62 bits per heavy atom.